The van der Waals surface area contributed by atoms with Crippen molar-refractivity contribution in [3.05, 3.63) is 17.9 Å². The first kappa shape index (κ1) is 8.18. The van der Waals surface area contributed by atoms with Gasteiger partial charge in [-0.1, -0.05) is 6.92 Å². The molecule has 11 heavy (non-hydrogen) atoms. The molecule has 2 nitrogen and oxygen atoms in total. The monoisotopic (exact) mass is 154 g/mol. The van der Waals surface area contributed by atoms with Crippen molar-refractivity contribution in [3.8, 4) is 0 Å². The molecule has 62 valence electrons. The normalized spacial score (nSPS) is 24.4. The minimum atomic E-state index is 0.267. The van der Waals surface area contributed by atoms with Gasteiger partial charge in [0, 0.05) is 5.57 Å². The summed E-state index contributed by atoms with van der Waals surface area (Å²) >= 11 is 0. The highest BCUT2D eigenvalue weighted by Gasteiger charge is 2.19. The minimum absolute atomic E-state index is 0.267. The van der Waals surface area contributed by atoms with E-state index in [0.29, 0.717) is 0 Å². The lowest BCUT2D eigenvalue weighted by atomic mass is 10.0. The lowest BCUT2D eigenvalue weighted by molar-refractivity contribution is -0.419. The molecule has 0 bridgehead atoms. The summed E-state index contributed by atoms with van der Waals surface area (Å²) in [7, 11) is 1.70. The quantitative estimate of drug-likeness (QED) is 0.417. The predicted molar refractivity (Wildman–Crippen MR) is 43.9 cm³/mol. The second-order valence-corrected chi connectivity index (χ2v) is 2.79. The molecule has 1 heterocycles. The maximum atomic E-state index is 5.29. The van der Waals surface area contributed by atoms with Crippen LogP contribution in [0.15, 0.2) is 11.3 Å². The van der Waals surface area contributed by atoms with Crippen LogP contribution in [0.1, 0.15) is 20.8 Å². The summed E-state index contributed by atoms with van der Waals surface area (Å²) in [5.74, 6) is 2.21. The second kappa shape index (κ2) is 2.99. The summed E-state index contributed by atoms with van der Waals surface area (Å²) in [6, 6.07) is 0. The Bertz CT molecular complexity index is 214. The van der Waals surface area contributed by atoms with Crippen LogP contribution in [0.4, 0.5) is 0 Å². The lowest BCUT2D eigenvalue weighted by Gasteiger charge is -2.19. The van der Waals surface area contributed by atoms with Crippen LogP contribution < -0.4 is 0 Å². The van der Waals surface area contributed by atoms with Crippen LogP contribution in [-0.2, 0) is 9.16 Å². The van der Waals surface area contributed by atoms with E-state index in [0.717, 1.165) is 17.1 Å². The van der Waals surface area contributed by atoms with E-state index >= 15 is 0 Å². The summed E-state index contributed by atoms with van der Waals surface area (Å²) in [5, 5.41) is 0. The van der Waals surface area contributed by atoms with Crippen LogP contribution in [0.5, 0.6) is 0 Å². The fourth-order valence-corrected chi connectivity index (χ4v) is 1.21. The van der Waals surface area contributed by atoms with Crippen molar-refractivity contribution in [3.63, 3.8) is 0 Å². The Morgan fingerprint density at radius 1 is 1.45 bits per heavy atom. The Morgan fingerprint density at radius 2 is 2.09 bits per heavy atom. The average Bonchev–Trinajstić information content (AvgIpc) is 1.99. The molecule has 0 saturated carbocycles. The van der Waals surface area contributed by atoms with E-state index in [9.17, 15) is 0 Å². The van der Waals surface area contributed by atoms with Crippen LogP contribution >= 0.6 is 0 Å². The van der Waals surface area contributed by atoms with Gasteiger partial charge >= 0.3 is 0 Å². The van der Waals surface area contributed by atoms with Gasteiger partial charge in [0.1, 0.15) is 0 Å². The Kier molecular flexibility index (Phi) is 2.22. The fraction of sp³-hybridized carbons (Fsp3) is 0.556. The molecule has 0 fully saturated rings. The number of ether oxygens (including phenoxy) is 1. The first-order chi connectivity index (χ1) is 5.16. The number of allylic oxidation sites excluding steroid dienone is 1. The second-order valence-electron chi connectivity index (χ2n) is 2.79. The summed E-state index contributed by atoms with van der Waals surface area (Å²) in [6.45, 7) is 7.80. The smallest absolute Gasteiger partial charge is 0.180 e. The van der Waals surface area contributed by atoms with Gasteiger partial charge in [-0.2, -0.15) is 0 Å². The standard InChI is InChI=1S/C9H14O2/c1-6-5-11-8(3)7(2)9(6)10-4/h5-6H,1-4H3. The van der Waals surface area contributed by atoms with Crippen molar-refractivity contribution >= 4 is 5.78 Å². The Balaban J connectivity index is 2.95. The van der Waals surface area contributed by atoms with E-state index < -0.39 is 0 Å². The number of ketones is 1. The average molecular weight is 154 g/mol. The molecule has 0 aromatic carbocycles. The molecule has 0 amide bonds. The van der Waals surface area contributed by atoms with Gasteiger partial charge in [-0.15, -0.1) is 0 Å². The van der Waals surface area contributed by atoms with Crippen molar-refractivity contribution in [1.82, 2.24) is 0 Å². The van der Waals surface area contributed by atoms with Crippen LogP contribution in [0.25, 0.3) is 0 Å². The van der Waals surface area contributed by atoms with Gasteiger partial charge in [0.2, 0.25) is 0 Å². The van der Waals surface area contributed by atoms with Crippen LogP contribution in [0.2, 0.25) is 0 Å². The molecule has 0 saturated heterocycles. The van der Waals surface area contributed by atoms with Crippen LogP contribution in [-0.4, -0.2) is 12.9 Å². The highest BCUT2D eigenvalue weighted by Crippen LogP contribution is 2.22. The van der Waals surface area contributed by atoms with Crippen LogP contribution in [0.3, 0.4) is 0 Å². The van der Waals surface area contributed by atoms with Gasteiger partial charge in [0.15, 0.2) is 12.4 Å². The summed E-state index contributed by atoms with van der Waals surface area (Å²) in [4.78, 5) is 0. The summed E-state index contributed by atoms with van der Waals surface area (Å²) in [5.41, 5.74) is 1.11. The molecule has 0 radical (unpaired) electrons. The molecular weight excluding hydrogens is 140 g/mol. The Morgan fingerprint density at radius 3 is 2.55 bits per heavy atom. The number of carbonyl (C=O) groups excluding carboxylic acids is 1. The van der Waals surface area contributed by atoms with Gasteiger partial charge in [-0.25, -0.2) is 0 Å². The van der Waals surface area contributed by atoms with Gasteiger partial charge in [-0.05, 0) is 13.8 Å². The number of hydrogen-bond acceptors (Lipinski definition) is 1. The third kappa shape index (κ3) is 1.39. The third-order valence-corrected chi connectivity index (χ3v) is 1.98. The maximum Gasteiger partial charge on any atom is 0.180 e. The van der Waals surface area contributed by atoms with Gasteiger partial charge in [-0.3, -0.25) is 0 Å². The molecule has 0 aromatic rings. The van der Waals surface area contributed by atoms with E-state index in [1.54, 1.807) is 13.7 Å². The van der Waals surface area contributed by atoms with Gasteiger partial charge in [0.05, 0.1) is 18.8 Å². The van der Waals surface area contributed by atoms with Gasteiger partial charge in [0.25, 0.3) is 0 Å². The zero-order chi connectivity index (χ0) is 8.43. The number of hydrogen-bond donors (Lipinski definition) is 0. The van der Waals surface area contributed by atoms with Crippen molar-refractivity contribution in [1.29, 1.82) is 0 Å². The number of methoxy groups -OCH3 is 1. The Labute approximate surface area is 67.6 Å². The zero-order valence-electron chi connectivity index (χ0n) is 7.47. The third-order valence-electron chi connectivity index (χ3n) is 1.98. The molecule has 0 aromatic heterocycles. The van der Waals surface area contributed by atoms with Crippen molar-refractivity contribution < 1.29 is 9.16 Å². The molecule has 2 heteroatoms. The molecular formula is C9H14O2. The summed E-state index contributed by atoms with van der Waals surface area (Å²) in [6.07, 6.45) is 0. The first-order valence-corrected chi connectivity index (χ1v) is 3.75. The fourth-order valence-electron chi connectivity index (χ4n) is 1.21. The highest BCUT2D eigenvalue weighted by molar-refractivity contribution is 5.94. The first-order valence-electron chi connectivity index (χ1n) is 3.75. The Hall–Kier alpha value is -0.920. The number of rotatable bonds is 1. The molecule has 1 aliphatic heterocycles. The predicted octanol–water partition coefficient (Wildman–Crippen LogP) is 1.84. The van der Waals surface area contributed by atoms with Crippen molar-refractivity contribution in [2.75, 3.05) is 7.11 Å². The van der Waals surface area contributed by atoms with Gasteiger partial charge < -0.3 is 9.16 Å². The molecule has 1 unspecified atom stereocenters. The molecule has 1 rings (SSSR count). The highest BCUT2D eigenvalue weighted by atomic mass is 16.5. The minimum Gasteiger partial charge on any atom is -0.503 e. The molecule has 1 aliphatic rings. The SMILES string of the molecule is COC1=C(C)C(C)=[O+][CH-]C1C. The maximum absolute atomic E-state index is 5.29. The lowest BCUT2D eigenvalue weighted by Crippen LogP contribution is -2.16. The van der Waals surface area contributed by atoms with E-state index in [4.69, 9.17) is 9.16 Å². The molecule has 1 atom stereocenters. The van der Waals surface area contributed by atoms with E-state index in [2.05, 4.69) is 6.92 Å². The topological polar surface area (TPSA) is 20.5 Å². The van der Waals surface area contributed by atoms with Crippen LogP contribution in [0, 0.1) is 12.5 Å². The summed E-state index contributed by atoms with van der Waals surface area (Å²) < 4.78 is 10.5. The molecule has 0 aliphatic carbocycles. The zero-order valence-corrected chi connectivity index (χ0v) is 7.47. The van der Waals surface area contributed by atoms with E-state index in [1.807, 2.05) is 13.8 Å². The molecule has 0 spiro atoms. The van der Waals surface area contributed by atoms with Crippen molar-refractivity contribution in [2.24, 2.45) is 5.92 Å². The molecule has 0 N–H and O–H groups in total. The largest absolute Gasteiger partial charge is 0.503 e. The van der Waals surface area contributed by atoms with E-state index in [-0.39, 0.29) is 5.92 Å². The van der Waals surface area contributed by atoms with Crippen molar-refractivity contribution in [2.45, 2.75) is 20.8 Å². The van der Waals surface area contributed by atoms with E-state index in [1.165, 1.54) is 0 Å².